The normalized spacial score (nSPS) is 16.7. The van der Waals surface area contributed by atoms with E-state index in [1.54, 1.807) is 0 Å². The second-order valence-corrected chi connectivity index (χ2v) is 8.33. The number of aliphatic imine (C=N–C) groups is 1. The van der Waals surface area contributed by atoms with Crippen molar-refractivity contribution in [2.75, 3.05) is 39.8 Å². The minimum absolute atomic E-state index is 0.321. The number of hydrogen-bond donors (Lipinski definition) is 2. The van der Waals surface area contributed by atoms with Gasteiger partial charge in [-0.25, -0.2) is 0 Å². The van der Waals surface area contributed by atoms with Gasteiger partial charge >= 0.3 is 0 Å². The summed E-state index contributed by atoms with van der Waals surface area (Å²) in [5.74, 6) is 0.922. The maximum atomic E-state index is 5.66. The molecule has 5 nitrogen and oxygen atoms in total. The molecule has 0 saturated carbocycles. The zero-order valence-corrected chi connectivity index (χ0v) is 18.6. The molecule has 0 aromatic heterocycles. The first-order valence-electron chi connectivity index (χ1n) is 10.1. The largest absolute Gasteiger partial charge is 0.377 e. The van der Waals surface area contributed by atoms with Crippen LogP contribution < -0.4 is 10.6 Å². The van der Waals surface area contributed by atoms with E-state index in [-0.39, 0.29) is 0 Å². The average molecular weight is 439 g/mol. The van der Waals surface area contributed by atoms with Gasteiger partial charge in [0.2, 0.25) is 0 Å². The Bertz CT molecular complexity index is 571. The Kier molecular flexibility index (Phi) is 10.2. The van der Waals surface area contributed by atoms with Gasteiger partial charge in [-0.1, -0.05) is 28.1 Å². The fourth-order valence-electron chi connectivity index (χ4n) is 3.30. The van der Waals surface area contributed by atoms with Crippen LogP contribution in [0.2, 0.25) is 0 Å². The molecule has 152 valence electrons. The van der Waals surface area contributed by atoms with Gasteiger partial charge in [-0.05, 0) is 57.2 Å². The van der Waals surface area contributed by atoms with Crippen molar-refractivity contribution in [1.82, 2.24) is 15.5 Å². The van der Waals surface area contributed by atoms with Crippen LogP contribution in [0.3, 0.4) is 0 Å². The molecular weight excluding hydrogens is 404 g/mol. The lowest BCUT2D eigenvalue weighted by atomic mass is 10.1. The van der Waals surface area contributed by atoms with Crippen LogP contribution in [-0.4, -0.2) is 62.8 Å². The summed E-state index contributed by atoms with van der Waals surface area (Å²) in [5, 5.41) is 7.03. The number of piperidine rings is 1. The van der Waals surface area contributed by atoms with Gasteiger partial charge in [-0.3, -0.25) is 4.99 Å². The second-order valence-electron chi connectivity index (χ2n) is 7.41. The Balaban J connectivity index is 1.60. The lowest BCUT2D eigenvalue weighted by Crippen LogP contribution is -2.49. The predicted molar refractivity (Wildman–Crippen MR) is 118 cm³/mol. The molecule has 0 atom stereocenters. The van der Waals surface area contributed by atoms with Crippen LogP contribution in [-0.2, 0) is 11.2 Å². The first-order chi connectivity index (χ1) is 13.1. The van der Waals surface area contributed by atoms with Crippen LogP contribution in [0.1, 0.15) is 38.7 Å². The number of nitrogens with zero attached hydrogens (tertiary/aromatic N) is 2. The Morgan fingerprint density at radius 1 is 1.33 bits per heavy atom. The van der Waals surface area contributed by atoms with Gasteiger partial charge in [0, 0.05) is 43.7 Å². The Morgan fingerprint density at radius 2 is 2.11 bits per heavy atom. The van der Waals surface area contributed by atoms with Gasteiger partial charge in [-0.2, -0.15) is 0 Å². The van der Waals surface area contributed by atoms with E-state index in [4.69, 9.17) is 4.74 Å². The molecule has 0 spiro atoms. The zero-order chi connectivity index (χ0) is 19.5. The molecule has 1 aromatic carbocycles. The van der Waals surface area contributed by atoms with Crippen molar-refractivity contribution in [3.63, 3.8) is 0 Å². The van der Waals surface area contributed by atoms with Gasteiger partial charge < -0.3 is 20.3 Å². The van der Waals surface area contributed by atoms with Gasteiger partial charge in [0.05, 0.1) is 12.7 Å². The second kappa shape index (κ2) is 12.4. The summed E-state index contributed by atoms with van der Waals surface area (Å²) in [6.07, 6.45) is 4.79. The summed E-state index contributed by atoms with van der Waals surface area (Å²) in [7, 11) is 1.85. The Labute approximate surface area is 173 Å². The van der Waals surface area contributed by atoms with E-state index in [1.807, 2.05) is 7.05 Å². The molecule has 1 aromatic rings. The number of halogens is 1. The van der Waals surface area contributed by atoms with Crippen molar-refractivity contribution in [2.45, 2.75) is 51.7 Å². The third-order valence-electron chi connectivity index (χ3n) is 4.83. The molecule has 0 radical (unpaired) electrons. The van der Waals surface area contributed by atoms with Crippen molar-refractivity contribution in [3.8, 4) is 0 Å². The van der Waals surface area contributed by atoms with Crippen molar-refractivity contribution in [1.29, 1.82) is 0 Å². The highest BCUT2D eigenvalue weighted by Gasteiger charge is 2.19. The number of likely N-dealkylation sites (tertiary alicyclic amines) is 1. The number of ether oxygens (including phenoxy) is 1. The Hall–Kier alpha value is -1.11. The van der Waals surface area contributed by atoms with E-state index in [2.05, 4.69) is 74.6 Å². The van der Waals surface area contributed by atoms with Crippen LogP contribution in [0.25, 0.3) is 0 Å². The van der Waals surface area contributed by atoms with Crippen molar-refractivity contribution >= 4 is 21.9 Å². The van der Waals surface area contributed by atoms with E-state index in [1.165, 1.54) is 5.56 Å². The highest BCUT2D eigenvalue weighted by molar-refractivity contribution is 9.10. The summed E-state index contributed by atoms with van der Waals surface area (Å²) in [6, 6.07) is 9.03. The molecule has 1 fully saturated rings. The standard InChI is InChI=1S/C21H35BrN4O/c1-17(2)27-15-14-26-12-9-20(10-13-26)25-21(23-3)24-11-5-7-18-6-4-8-19(22)16-18/h4,6,8,16-17,20H,5,7,9-15H2,1-3H3,(H2,23,24,25). The molecule has 0 amide bonds. The minimum atomic E-state index is 0.321. The number of rotatable bonds is 9. The molecule has 2 N–H and O–H groups in total. The van der Waals surface area contributed by atoms with E-state index >= 15 is 0 Å². The highest BCUT2D eigenvalue weighted by Crippen LogP contribution is 2.13. The molecule has 0 unspecified atom stereocenters. The van der Waals surface area contributed by atoms with Crippen LogP contribution in [0.4, 0.5) is 0 Å². The smallest absolute Gasteiger partial charge is 0.191 e. The highest BCUT2D eigenvalue weighted by atomic mass is 79.9. The van der Waals surface area contributed by atoms with Crippen LogP contribution in [0, 0.1) is 0 Å². The first kappa shape index (κ1) is 22.2. The molecule has 1 aliphatic heterocycles. The van der Waals surface area contributed by atoms with Crippen molar-refractivity contribution in [3.05, 3.63) is 34.3 Å². The third-order valence-corrected chi connectivity index (χ3v) is 5.33. The van der Waals surface area contributed by atoms with Crippen molar-refractivity contribution in [2.24, 2.45) is 4.99 Å². The average Bonchev–Trinajstić information content (AvgIpc) is 2.65. The molecule has 27 heavy (non-hydrogen) atoms. The summed E-state index contributed by atoms with van der Waals surface area (Å²) < 4.78 is 6.80. The molecule has 1 heterocycles. The molecule has 0 bridgehead atoms. The van der Waals surface area contributed by atoms with Gasteiger partial charge in [0.25, 0.3) is 0 Å². The van der Waals surface area contributed by atoms with Crippen LogP contribution in [0.15, 0.2) is 33.7 Å². The van der Waals surface area contributed by atoms with Gasteiger partial charge in [0.1, 0.15) is 0 Å². The van der Waals surface area contributed by atoms with E-state index in [0.717, 1.165) is 68.9 Å². The number of benzene rings is 1. The molecule has 6 heteroatoms. The lowest BCUT2D eigenvalue weighted by molar-refractivity contribution is 0.0532. The van der Waals surface area contributed by atoms with Crippen LogP contribution in [0.5, 0.6) is 0 Å². The van der Waals surface area contributed by atoms with Crippen LogP contribution >= 0.6 is 15.9 Å². The first-order valence-corrected chi connectivity index (χ1v) is 10.9. The van der Waals surface area contributed by atoms with E-state index < -0.39 is 0 Å². The summed E-state index contributed by atoms with van der Waals surface area (Å²) in [5.41, 5.74) is 1.36. The minimum Gasteiger partial charge on any atom is -0.377 e. The molecule has 2 rings (SSSR count). The summed E-state index contributed by atoms with van der Waals surface area (Å²) in [6.45, 7) is 9.22. The lowest BCUT2D eigenvalue weighted by Gasteiger charge is -2.33. The molecule has 1 aliphatic rings. The number of guanidine groups is 1. The number of hydrogen-bond acceptors (Lipinski definition) is 3. The maximum absolute atomic E-state index is 5.66. The van der Waals surface area contributed by atoms with Crippen molar-refractivity contribution < 1.29 is 4.74 Å². The molecular formula is C21H35BrN4O. The molecule has 0 aliphatic carbocycles. The monoisotopic (exact) mass is 438 g/mol. The summed E-state index contributed by atoms with van der Waals surface area (Å²) in [4.78, 5) is 6.88. The molecule has 1 saturated heterocycles. The van der Waals surface area contributed by atoms with Gasteiger partial charge in [-0.15, -0.1) is 0 Å². The van der Waals surface area contributed by atoms with E-state index in [9.17, 15) is 0 Å². The zero-order valence-electron chi connectivity index (χ0n) is 17.0. The topological polar surface area (TPSA) is 48.9 Å². The third kappa shape index (κ3) is 9.08. The fourth-order valence-corrected chi connectivity index (χ4v) is 3.74. The maximum Gasteiger partial charge on any atom is 0.191 e. The summed E-state index contributed by atoms with van der Waals surface area (Å²) >= 11 is 3.53. The Morgan fingerprint density at radius 3 is 2.78 bits per heavy atom. The SMILES string of the molecule is CN=C(NCCCc1cccc(Br)c1)NC1CCN(CCOC(C)C)CC1. The quantitative estimate of drug-likeness (QED) is 0.352. The predicted octanol–water partition coefficient (Wildman–Crippen LogP) is 3.44. The van der Waals surface area contributed by atoms with E-state index in [0.29, 0.717) is 12.1 Å². The number of nitrogens with one attached hydrogen (secondary N) is 2. The fraction of sp³-hybridized carbons (Fsp3) is 0.667. The number of aryl methyl sites for hydroxylation is 1. The van der Waals surface area contributed by atoms with Gasteiger partial charge in [0.15, 0.2) is 5.96 Å².